The second kappa shape index (κ2) is 10.1. The van der Waals surface area contributed by atoms with Crippen LogP contribution in [0.1, 0.15) is 26.3 Å². The van der Waals surface area contributed by atoms with Gasteiger partial charge in [-0.1, -0.05) is 0 Å². The third-order valence-corrected chi connectivity index (χ3v) is 8.85. The van der Waals surface area contributed by atoms with Gasteiger partial charge in [-0.15, -0.1) is 23.1 Å². The number of carbonyl (C=O) groups excluding carboxylic acids is 1. The van der Waals surface area contributed by atoms with Gasteiger partial charge in [0.15, 0.2) is 5.01 Å². The molecule has 0 bridgehead atoms. The number of amides is 1. The average molecular weight is 509 g/mol. The molecule has 6 rings (SSSR count). The molecule has 2 saturated heterocycles. The molecule has 0 radical (unpaired) electrons. The Hall–Kier alpha value is -2.66. The van der Waals surface area contributed by atoms with E-state index in [1.807, 2.05) is 23.2 Å². The van der Waals surface area contributed by atoms with Gasteiger partial charge >= 0.3 is 0 Å². The van der Waals surface area contributed by atoms with Crippen LogP contribution in [0.25, 0.3) is 0 Å². The Labute approximate surface area is 213 Å². The van der Waals surface area contributed by atoms with E-state index >= 15 is 0 Å². The van der Waals surface area contributed by atoms with Crippen LogP contribution in [0.4, 0.5) is 17.1 Å². The lowest BCUT2D eigenvalue weighted by atomic mass is 10.1. The second-order valence-corrected chi connectivity index (χ2v) is 11.0. The predicted octanol–water partition coefficient (Wildman–Crippen LogP) is 3.43. The first-order valence-corrected chi connectivity index (χ1v) is 13.8. The predicted molar refractivity (Wildman–Crippen MR) is 141 cm³/mol. The summed E-state index contributed by atoms with van der Waals surface area (Å²) in [6.07, 6.45) is 4.42. The normalized spacial score (nSPS) is 20.1. The van der Waals surface area contributed by atoms with Gasteiger partial charge in [-0.25, -0.2) is 4.98 Å². The minimum atomic E-state index is -0.180. The zero-order valence-corrected chi connectivity index (χ0v) is 21.0. The van der Waals surface area contributed by atoms with Crippen molar-refractivity contribution < 1.29 is 9.53 Å². The summed E-state index contributed by atoms with van der Waals surface area (Å²) >= 11 is 3.25. The van der Waals surface area contributed by atoms with Gasteiger partial charge in [-0.3, -0.25) is 9.78 Å². The Morgan fingerprint density at radius 1 is 1.11 bits per heavy atom. The van der Waals surface area contributed by atoms with Gasteiger partial charge in [0.2, 0.25) is 0 Å². The van der Waals surface area contributed by atoms with Gasteiger partial charge in [0.1, 0.15) is 0 Å². The molecular formula is C25H28N6O2S2. The summed E-state index contributed by atoms with van der Waals surface area (Å²) in [5.41, 5.74) is 5.34. The van der Waals surface area contributed by atoms with Crippen molar-refractivity contribution in [1.82, 2.24) is 15.3 Å². The Balaban J connectivity index is 1.13. The fraction of sp³-hybridized carbons (Fsp3) is 0.400. The highest BCUT2D eigenvalue weighted by atomic mass is 32.2. The molecule has 3 aromatic rings. The van der Waals surface area contributed by atoms with Gasteiger partial charge < -0.3 is 25.2 Å². The summed E-state index contributed by atoms with van der Waals surface area (Å²) in [6, 6.07) is 8.72. The Morgan fingerprint density at radius 3 is 2.83 bits per heavy atom. The highest BCUT2D eigenvalue weighted by molar-refractivity contribution is 7.99. The molecule has 10 heteroatoms. The SMILES string of the molecule is O=C(Nc1cnccc1N1CCNCC1)c1nc(C2Cc3cc(N4CCOCC4)ccc3S2)cs1. The number of carbonyl (C=O) groups is 1. The zero-order chi connectivity index (χ0) is 23.6. The lowest BCUT2D eigenvalue weighted by Crippen LogP contribution is -2.43. The summed E-state index contributed by atoms with van der Waals surface area (Å²) < 4.78 is 5.49. The average Bonchev–Trinajstić information content (AvgIpc) is 3.57. The van der Waals surface area contributed by atoms with Gasteiger partial charge in [0.05, 0.1) is 41.7 Å². The maximum absolute atomic E-state index is 13.1. The lowest BCUT2D eigenvalue weighted by Gasteiger charge is -2.30. The van der Waals surface area contributed by atoms with Crippen LogP contribution in [0.3, 0.4) is 0 Å². The molecule has 2 aromatic heterocycles. The largest absolute Gasteiger partial charge is 0.378 e. The molecule has 0 spiro atoms. The van der Waals surface area contributed by atoms with Crippen molar-refractivity contribution in [1.29, 1.82) is 0 Å². The van der Waals surface area contributed by atoms with Crippen LogP contribution in [0.2, 0.25) is 0 Å². The number of ether oxygens (including phenoxy) is 1. The number of hydrogen-bond acceptors (Lipinski definition) is 9. The fourth-order valence-corrected chi connectivity index (χ4v) is 6.90. The zero-order valence-electron chi connectivity index (χ0n) is 19.4. The Kier molecular flexibility index (Phi) is 6.60. The third kappa shape index (κ3) is 4.88. The van der Waals surface area contributed by atoms with Crippen LogP contribution in [0.15, 0.2) is 46.9 Å². The van der Waals surface area contributed by atoms with Crippen molar-refractivity contribution in [2.45, 2.75) is 16.6 Å². The minimum Gasteiger partial charge on any atom is -0.378 e. The number of fused-ring (bicyclic) bond motifs is 1. The highest BCUT2D eigenvalue weighted by Gasteiger charge is 2.28. The summed E-state index contributed by atoms with van der Waals surface area (Å²) in [7, 11) is 0. The van der Waals surface area contributed by atoms with Crippen LogP contribution in [0, 0.1) is 0 Å². The molecule has 8 nitrogen and oxygen atoms in total. The number of morpholine rings is 1. The van der Waals surface area contributed by atoms with E-state index in [0.717, 1.165) is 76.0 Å². The molecule has 1 aromatic carbocycles. The van der Waals surface area contributed by atoms with Crippen LogP contribution >= 0.6 is 23.1 Å². The number of anilines is 3. The van der Waals surface area contributed by atoms with E-state index in [2.05, 4.69) is 43.6 Å². The maximum atomic E-state index is 13.1. The monoisotopic (exact) mass is 508 g/mol. The van der Waals surface area contributed by atoms with Gasteiger partial charge in [0, 0.05) is 61.4 Å². The minimum absolute atomic E-state index is 0.180. The number of piperazine rings is 1. The van der Waals surface area contributed by atoms with Gasteiger partial charge in [-0.2, -0.15) is 0 Å². The molecule has 0 saturated carbocycles. The van der Waals surface area contributed by atoms with E-state index in [-0.39, 0.29) is 11.2 Å². The number of aromatic nitrogens is 2. The van der Waals surface area contributed by atoms with Crippen LogP contribution in [-0.2, 0) is 11.2 Å². The van der Waals surface area contributed by atoms with Gasteiger partial charge in [-0.05, 0) is 36.2 Å². The van der Waals surface area contributed by atoms with Crippen LogP contribution in [-0.4, -0.2) is 68.4 Å². The van der Waals surface area contributed by atoms with E-state index in [9.17, 15) is 4.79 Å². The number of benzene rings is 1. The number of thiazole rings is 1. The van der Waals surface area contributed by atoms with E-state index < -0.39 is 0 Å². The standard InChI is InChI=1S/C25H28N6O2S2/c32-24(28-19-15-27-4-3-21(19)31-7-5-26-6-8-31)25-29-20(16-34-25)23-14-17-13-18(1-2-22(17)35-23)30-9-11-33-12-10-30/h1-4,13,15-16,23,26H,5-12,14H2,(H,28,32). The lowest BCUT2D eigenvalue weighted by molar-refractivity contribution is 0.102. The summed E-state index contributed by atoms with van der Waals surface area (Å²) in [4.78, 5) is 28.0. The number of nitrogens with one attached hydrogen (secondary N) is 2. The molecule has 2 fully saturated rings. The number of hydrogen-bond donors (Lipinski definition) is 2. The Morgan fingerprint density at radius 2 is 1.97 bits per heavy atom. The molecule has 3 aliphatic heterocycles. The van der Waals surface area contributed by atoms with E-state index in [0.29, 0.717) is 5.01 Å². The van der Waals surface area contributed by atoms with Crippen LogP contribution in [0.5, 0.6) is 0 Å². The Bertz CT molecular complexity index is 1210. The summed E-state index contributed by atoms with van der Waals surface area (Å²) in [5, 5.41) is 9.16. The van der Waals surface area contributed by atoms with Crippen molar-refractivity contribution in [3.8, 4) is 0 Å². The molecule has 1 unspecified atom stereocenters. The van der Waals surface area contributed by atoms with Crippen molar-refractivity contribution in [3.05, 3.63) is 58.3 Å². The highest BCUT2D eigenvalue weighted by Crippen LogP contribution is 2.47. The molecule has 35 heavy (non-hydrogen) atoms. The van der Waals surface area contributed by atoms with Crippen molar-refractivity contribution in [2.75, 3.05) is 67.6 Å². The van der Waals surface area contributed by atoms with Crippen LogP contribution < -0.4 is 20.4 Å². The number of thioether (sulfide) groups is 1. The van der Waals surface area contributed by atoms with Crippen molar-refractivity contribution in [2.24, 2.45) is 0 Å². The quantitative estimate of drug-likeness (QED) is 0.543. The molecule has 182 valence electrons. The molecule has 1 atom stereocenters. The molecule has 5 heterocycles. The smallest absolute Gasteiger partial charge is 0.284 e. The molecule has 2 N–H and O–H groups in total. The summed E-state index contributed by atoms with van der Waals surface area (Å²) in [5.74, 6) is -0.180. The first kappa shape index (κ1) is 22.8. The molecular weight excluding hydrogens is 480 g/mol. The fourth-order valence-electron chi connectivity index (χ4n) is 4.80. The molecule has 0 aliphatic carbocycles. The van der Waals surface area contributed by atoms with Crippen molar-refractivity contribution in [3.63, 3.8) is 0 Å². The number of rotatable bonds is 5. The molecule has 1 amide bonds. The second-order valence-electron chi connectivity index (χ2n) is 8.86. The maximum Gasteiger partial charge on any atom is 0.284 e. The topological polar surface area (TPSA) is 82.6 Å². The van der Waals surface area contributed by atoms with Gasteiger partial charge in [0.25, 0.3) is 5.91 Å². The summed E-state index contributed by atoms with van der Waals surface area (Å²) in [6.45, 7) is 7.12. The van der Waals surface area contributed by atoms with E-state index in [1.165, 1.54) is 27.5 Å². The van der Waals surface area contributed by atoms with E-state index in [1.54, 1.807) is 12.4 Å². The van der Waals surface area contributed by atoms with E-state index in [4.69, 9.17) is 9.72 Å². The van der Waals surface area contributed by atoms with Crippen molar-refractivity contribution >= 4 is 46.1 Å². The molecule has 3 aliphatic rings. The first-order chi connectivity index (χ1) is 17.2. The number of pyridine rings is 1. The number of nitrogens with zero attached hydrogens (tertiary/aromatic N) is 4. The first-order valence-electron chi connectivity index (χ1n) is 12.0. The third-order valence-electron chi connectivity index (χ3n) is 6.64.